The standard InChI is InChI=1S/C11H12Cl2FNO4S2/c1-2-20(17)4-3-15-11(16)8-5-7(21(13,18)19)6-9(14)10(8)12/h5-6H,2-4H2,1H3,(H,15,16). The van der Waals surface area contributed by atoms with Crippen LogP contribution in [0.15, 0.2) is 17.0 Å². The van der Waals surface area contributed by atoms with Crippen LogP contribution in [-0.4, -0.2) is 36.6 Å². The van der Waals surface area contributed by atoms with Gasteiger partial charge in [0.25, 0.3) is 15.0 Å². The summed E-state index contributed by atoms with van der Waals surface area (Å²) in [6.07, 6.45) is 0. The molecule has 1 rings (SSSR count). The van der Waals surface area contributed by atoms with E-state index in [1.54, 1.807) is 6.92 Å². The number of halogens is 3. The molecule has 0 fully saturated rings. The molecule has 0 heterocycles. The largest absolute Gasteiger partial charge is 0.351 e. The molecule has 5 nitrogen and oxygen atoms in total. The van der Waals surface area contributed by atoms with Crippen LogP contribution in [0.4, 0.5) is 4.39 Å². The van der Waals surface area contributed by atoms with Gasteiger partial charge in [-0.25, -0.2) is 12.8 Å². The predicted octanol–water partition coefficient (Wildman–Crippen LogP) is 1.90. The Kier molecular flexibility index (Phi) is 6.58. The summed E-state index contributed by atoms with van der Waals surface area (Å²) in [5.41, 5.74) is -0.349. The SMILES string of the molecule is CCS(=O)CCNC(=O)c1cc(S(=O)(=O)Cl)cc(F)c1Cl. The number of rotatable bonds is 6. The average Bonchev–Trinajstić information content (AvgIpc) is 2.39. The van der Waals surface area contributed by atoms with Crippen molar-refractivity contribution in [3.05, 3.63) is 28.5 Å². The van der Waals surface area contributed by atoms with Gasteiger partial charge in [-0.05, 0) is 12.1 Å². The summed E-state index contributed by atoms with van der Waals surface area (Å²) in [4.78, 5) is 11.3. The van der Waals surface area contributed by atoms with Crippen molar-refractivity contribution < 1.29 is 21.8 Å². The molecular weight excluding hydrogens is 364 g/mol. The fourth-order valence-corrected chi connectivity index (χ4v) is 2.97. The van der Waals surface area contributed by atoms with Gasteiger partial charge in [-0.15, -0.1) is 0 Å². The smallest absolute Gasteiger partial charge is 0.261 e. The van der Waals surface area contributed by atoms with E-state index >= 15 is 0 Å². The first-order chi connectivity index (χ1) is 9.66. The van der Waals surface area contributed by atoms with E-state index in [0.29, 0.717) is 11.8 Å². The van der Waals surface area contributed by atoms with Crippen molar-refractivity contribution >= 4 is 48.0 Å². The summed E-state index contributed by atoms with van der Waals surface area (Å²) in [7, 11) is -0.143. The Morgan fingerprint density at radius 3 is 2.57 bits per heavy atom. The zero-order chi connectivity index (χ0) is 16.2. The van der Waals surface area contributed by atoms with Crippen LogP contribution in [0.2, 0.25) is 5.02 Å². The molecule has 1 aromatic rings. The predicted molar refractivity (Wildman–Crippen MR) is 80.3 cm³/mol. The van der Waals surface area contributed by atoms with E-state index in [4.69, 9.17) is 22.3 Å². The average molecular weight is 376 g/mol. The molecule has 1 N–H and O–H groups in total. The van der Waals surface area contributed by atoms with Gasteiger partial charge in [0.15, 0.2) is 0 Å². The molecule has 21 heavy (non-hydrogen) atoms. The van der Waals surface area contributed by atoms with E-state index < -0.39 is 41.5 Å². The van der Waals surface area contributed by atoms with Gasteiger partial charge < -0.3 is 5.32 Å². The van der Waals surface area contributed by atoms with Crippen molar-refractivity contribution in [3.63, 3.8) is 0 Å². The Hall–Kier alpha value is -0.700. The Morgan fingerprint density at radius 2 is 2.05 bits per heavy atom. The van der Waals surface area contributed by atoms with Gasteiger partial charge in [0.1, 0.15) is 5.82 Å². The van der Waals surface area contributed by atoms with Crippen LogP contribution >= 0.6 is 22.3 Å². The van der Waals surface area contributed by atoms with E-state index in [1.807, 2.05) is 0 Å². The molecular formula is C11H12Cl2FNO4S2. The van der Waals surface area contributed by atoms with Gasteiger partial charge in [0.2, 0.25) is 0 Å². The van der Waals surface area contributed by atoms with Crippen molar-refractivity contribution in [3.8, 4) is 0 Å². The van der Waals surface area contributed by atoms with Gasteiger partial charge in [0.05, 0.1) is 15.5 Å². The number of hydrogen-bond donors (Lipinski definition) is 1. The van der Waals surface area contributed by atoms with Crippen LogP contribution in [0.3, 0.4) is 0 Å². The highest BCUT2D eigenvalue weighted by atomic mass is 35.7. The zero-order valence-electron chi connectivity index (χ0n) is 10.9. The Balaban J connectivity index is 2.99. The Bertz CT molecular complexity index is 679. The van der Waals surface area contributed by atoms with Crippen molar-refractivity contribution in [2.75, 3.05) is 18.1 Å². The maximum absolute atomic E-state index is 13.6. The second kappa shape index (κ2) is 7.53. The zero-order valence-corrected chi connectivity index (χ0v) is 14.0. The highest BCUT2D eigenvalue weighted by molar-refractivity contribution is 8.13. The lowest BCUT2D eigenvalue weighted by atomic mass is 10.2. The Morgan fingerprint density at radius 1 is 1.43 bits per heavy atom. The summed E-state index contributed by atoms with van der Waals surface area (Å²) in [5, 5.41) is 1.88. The molecule has 1 amide bonds. The first-order valence-electron chi connectivity index (χ1n) is 5.73. The molecule has 0 aliphatic heterocycles. The molecule has 0 aliphatic carbocycles. The molecule has 0 saturated heterocycles. The lowest BCUT2D eigenvalue weighted by Crippen LogP contribution is -2.28. The molecule has 0 radical (unpaired) electrons. The number of amides is 1. The minimum Gasteiger partial charge on any atom is -0.351 e. The normalized spacial score (nSPS) is 13.0. The molecule has 0 spiro atoms. The molecule has 0 aliphatic rings. The maximum atomic E-state index is 13.6. The molecule has 1 unspecified atom stereocenters. The van der Waals surface area contributed by atoms with Crippen molar-refractivity contribution in [2.45, 2.75) is 11.8 Å². The van der Waals surface area contributed by atoms with Gasteiger partial charge in [-0.1, -0.05) is 18.5 Å². The van der Waals surface area contributed by atoms with Crippen LogP contribution in [0.5, 0.6) is 0 Å². The first-order valence-corrected chi connectivity index (χ1v) is 9.91. The fraction of sp³-hybridized carbons (Fsp3) is 0.364. The van der Waals surface area contributed by atoms with Crippen LogP contribution < -0.4 is 5.32 Å². The van der Waals surface area contributed by atoms with Crippen molar-refractivity contribution in [2.24, 2.45) is 0 Å². The van der Waals surface area contributed by atoms with E-state index in [-0.39, 0.29) is 17.9 Å². The quantitative estimate of drug-likeness (QED) is 0.770. The third-order valence-corrected chi connectivity index (χ3v) is 5.49. The number of carbonyl (C=O) groups is 1. The van der Waals surface area contributed by atoms with E-state index in [0.717, 1.165) is 6.07 Å². The highest BCUT2D eigenvalue weighted by Gasteiger charge is 2.20. The van der Waals surface area contributed by atoms with Gasteiger partial charge in [0, 0.05) is 39.5 Å². The summed E-state index contributed by atoms with van der Waals surface area (Å²) in [5.74, 6) is -1.16. The fourth-order valence-electron chi connectivity index (χ4n) is 1.39. The highest BCUT2D eigenvalue weighted by Crippen LogP contribution is 2.26. The summed E-state index contributed by atoms with van der Waals surface area (Å²) >= 11 is 5.65. The molecule has 1 aromatic carbocycles. The second-order valence-electron chi connectivity index (χ2n) is 3.89. The maximum Gasteiger partial charge on any atom is 0.261 e. The van der Waals surface area contributed by atoms with Crippen molar-refractivity contribution in [1.29, 1.82) is 0 Å². The molecule has 0 saturated carbocycles. The topological polar surface area (TPSA) is 80.3 Å². The van der Waals surface area contributed by atoms with Crippen molar-refractivity contribution in [1.82, 2.24) is 5.32 Å². The van der Waals surface area contributed by atoms with E-state index in [1.165, 1.54) is 0 Å². The minimum absolute atomic E-state index is 0.0923. The first kappa shape index (κ1) is 18.3. The van der Waals surface area contributed by atoms with E-state index in [2.05, 4.69) is 5.32 Å². The summed E-state index contributed by atoms with van der Waals surface area (Å²) in [6, 6.07) is 1.52. The number of carbonyl (C=O) groups excluding carboxylic acids is 1. The van der Waals surface area contributed by atoms with Crippen LogP contribution in [0.25, 0.3) is 0 Å². The molecule has 0 aromatic heterocycles. The lowest BCUT2D eigenvalue weighted by Gasteiger charge is -2.08. The summed E-state index contributed by atoms with van der Waals surface area (Å²) < 4.78 is 47.2. The number of benzene rings is 1. The second-order valence-corrected chi connectivity index (χ2v) is 8.70. The van der Waals surface area contributed by atoms with Crippen LogP contribution in [-0.2, 0) is 19.9 Å². The molecule has 0 bridgehead atoms. The summed E-state index contributed by atoms with van der Waals surface area (Å²) in [6.45, 7) is 1.83. The third-order valence-electron chi connectivity index (χ3n) is 2.47. The Labute approximate surface area is 133 Å². The molecule has 1 atom stereocenters. The van der Waals surface area contributed by atoms with Gasteiger partial charge in [-0.3, -0.25) is 9.00 Å². The lowest BCUT2D eigenvalue weighted by molar-refractivity contribution is 0.0955. The third kappa shape index (κ3) is 5.21. The monoisotopic (exact) mass is 375 g/mol. The van der Waals surface area contributed by atoms with Gasteiger partial charge in [-0.2, -0.15) is 0 Å². The van der Waals surface area contributed by atoms with Crippen LogP contribution in [0.1, 0.15) is 17.3 Å². The number of hydrogen-bond acceptors (Lipinski definition) is 4. The van der Waals surface area contributed by atoms with Crippen LogP contribution in [0, 0.1) is 5.82 Å². The van der Waals surface area contributed by atoms with Gasteiger partial charge >= 0.3 is 0 Å². The molecule has 118 valence electrons. The number of nitrogens with one attached hydrogen (secondary N) is 1. The molecule has 10 heteroatoms. The van der Waals surface area contributed by atoms with E-state index in [9.17, 15) is 21.8 Å². The minimum atomic E-state index is -4.19.